The van der Waals surface area contributed by atoms with E-state index in [1.165, 1.54) is 0 Å². The fraction of sp³-hybridized carbons (Fsp3) is 0.364. The molecule has 0 aliphatic carbocycles. The van der Waals surface area contributed by atoms with E-state index in [2.05, 4.69) is 5.32 Å². The van der Waals surface area contributed by atoms with Crippen LogP contribution < -0.4 is 15.8 Å². The van der Waals surface area contributed by atoms with E-state index in [0.29, 0.717) is 5.56 Å². The summed E-state index contributed by atoms with van der Waals surface area (Å²) < 4.78 is 5.70. The first-order valence-corrected chi connectivity index (χ1v) is 5.03. The van der Waals surface area contributed by atoms with Crippen molar-refractivity contribution in [3.8, 4) is 5.75 Å². The Hall–Kier alpha value is -1.55. The highest BCUT2D eigenvalue weighted by molar-refractivity contribution is 5.92. The van der Waals surface area contributed by atoms with E-state index < -0.39 is 5.91 Å². The number of nitrogens with one attached hydrogen (secondary N) is 1. The number of carbonyl (C=O) groups is 1. The normalized spacial score (nSPS) is 20.1. The lowest BCUT2D eigenvalue weighted by molar-refractivity contribution is 0.100. The van der Waals surface area contributed by atoms with Gasteiger partial charge in [-0.05, 0) is 37.2 Å². The topological polar surface area (TPSA) is 64.4 Å². The van der Waals surface area contributed by atoms with Crippen molar-refractivity contribution in [2.24, 2.45) is 5.73 Å². The van der Waals surface area contributed by atoms with Crippen LogP contribution in [-0.2, 0) is 0 Å². The molecule has 1 aliphatic heterocycles. The van der Waals surface area contributed by atoms with Gasteiger partial charge in [0.05, 0.1) is 0 Å². The summed E-state index contributed by atoms with van der Waals surface area (Å²) in [6.07, 6.45) is 1.27. The van der Waals surface area contributed by atoms with E-state index in [1.54, 1.807) is 24.3 Å². The quantitative estimate of drug-likeness (QED) is 0.758. The standard InChI is InChI=1S/C11H14N2O2/c12-11(14)8-1-3-9(4-2-8)15-10-5-6-13-7-10/h1-4,10,13H,5-7H2,(H2,12,14). The van der Waals surface area contributed by atoms with Gasteiger partial charge in [-0.15, -0.1) is 0 Å². The Bertz CT molecular complexity index is 342. The maximum atomic E-state index is 10.8. The third-order valence-corrected chi connectivity index (χ3v) is 2.46. The first-order chi connectivity index (χ1) is 7.25. The molecule has 0 saturated carbocycles. The fourth-order valence-electron chi connectivity index (χ4n) is 1.62. The van der Waals surface area contributed by atoms with Crippen LogP contribution in [0.2, 0.25) is 0 Å². The van der Waals surface area contributed by atoms with Crippen molar-refractivity contribution in [2.75, 3.05) is 13.1 Å². The Labute approximate surface area is 88.4 Å². The van der Waals surface area contributed by atoms with Gasteiger partial charge in [0, 0.05) is 12.1 Å². The van der Waals surface area contributed by atoms with Gasteiger partial charge in [0.2, 0.25) is 5.91 Å². The summed E-state index contributed by atoms with van der Waals surface area (Å²) >= 11 is 0. The second-order valence-electron chi connectivity index (χ2n) is 3.62. The van der Waals surface area contributed by atoms with Gasteiger partial charge < -0.3 is 15.8 Å². The number of carbonyl (C=O) groups excluding carboxylic acids is 1. The molecule has 0 bridgehead atoms. The average molecular weight is 206 g/mol. The fourth-order valence-corrected chi connectivity index (χ4v) is 1.62. The number of ether oxygens (including phenoxy) is 1. The molecule has 1 unspecified atom stereocenters. The van der Waals surface area contributed by atoms with Crippen LogP contribution >= 0.6 is 0 Å². The van der Waals surface area contributed by atoms with Crippen molar-refractivity contribution in [2.45, 2.75) is 12.5 Å². The van der Waals surface area contributed by atoms with E-state index in [0.717, 1.165) is 25.3 Å². The SMILES string of the molecule is NC(=O)c1ccc(OC2CCNC2)cc1. The highest BCUT2D eigenvalue weighted by atomic mass is 16.5. The molecule has 15 heavy (non-hydrogen) atoms. The van der Waals surface area contributed by atoms with Crippen LogP contribution in [-0.4, -0.2) is 25.1 Å². The molecule has 80 valence electrons. The predicted octanol–water partition coefficient (Wildman–Crippen LogP) is 0.526. The lowest BCUT2D eigenvalue weighted by Crippen LogP contribution is -2.19. The highest BCUT2D eigenvalue weighted by Gasteiger charge is 2.15. The molecular formula is C11H14N2O2. The number of amides is 1. The molecule has 1 fully saturated rings. The second kappa shape index (κ2) is 4.31. The zero-order chi connectivity index (χ0) is 10.7. The van der Waals surface area contributed by atoms with Crippen molar-refractivity contribution >= 4 is 5.91 Å². The van der Waals surface area contributed by atoms with E-state index in [1.807, 2.05) is 0 Å². The van der Waals surface area contributed by atoms with Gasteiger partial charge in [-0.2, -0.15) is 0 Å². The molecule has 1 aromatic carbocycles. The van der Waals surface area contributed by atoms with Crippen LogP contribution in [0.5, 0.6) is 5.75 Å². The molecule has 1 amide bonds. The molecule has 4 heteroatoms. The smallest absolute Gasteiger partial charge is 0.248 e. The molecule has 0 aromatic heterocycles. The van der Waals surface area contributed by atoms with Crippen molar-refractivity contribution in [1.82, 2.24) is 5.32 Å². The molecule has 1 aromatic rings. The third kappa shape index (κ3) is 2.47. The van der Waals surface area contributed by atoms with Gasteiger partial charge in [-0.1, -0.05) is 0 Å². The predicted molar refractivity (Wildman–Crippen MR) is 56.9 cm³/mol. The van der Waals surface area contributed by atoms with Crippen LogP contribution in [0.3, 0.4) is 0 Å². The summed E-state index contributed by atoms with van der Waals surface area (Å²) in [7, 11) is 0. The first kappa shape index (κ1) is 9.98. The van der Waals surface area contributed by atoms with Crippen molar-refractivity contribution in [3.05, 3.63) is 29.8 Å². The van der Waals surface area contributed by atoms with Crippen molar-refractivity contribution in [1.29, 1.82) is 0 Å². The van der Waals surface area contributed by atoms with Crippen LogP contribution in [0.15, 0.2) is 24.3 Å². The minimum atomic E-state index is -0.413. The average Bonchev–Trinajstić information content (AvgIpc) is 2.71. The van der Waals surface area contributed by atoms with Gasteiger partial charge in [0.25, 0.3) is 0 Å². The van der Waals surface area contributed by atoms with Crippen LogP contribution in [0, 0.1) is 0 Å². The molecule has 2 rings (SSSR count). The third-order valence-electron chi connectivity index (χ3n) is 2.46. The van der Waals surface area contributed by atoms with Crippen LogP contribution in [0.4, 0.5) is 0 Å². The molecular weight excluding hydrogens is 192 g/mol. The van der Waals surface area contributed by atoms with E-state index >= 15 is 0 Å². The maximum absolute atomic E-state index is 10.8. The lowest BCUT2D eigenvalue weighted by atomic mass is 10.2. The summed E-state index contributed by atoms with van der Waals surface area (Å²) in [5.74, 6) is 0.373. The molecule has 1 heterocycles. The molecule has 0 radical (unpaired) electrons. The summed E-state index contributed by atoms with van der Waals surface area (Å²) in [5.41, 5.74) is 5.64. The van der Waals surface area contributed by atoms with Crippen LogP contribution in [0.25, 0.3) is 0 Å². The first-order valence-electron chi connectivity index (χ1n) is 5.03. The second-order valence-corrected chi connectivity index (χ2v) is 3.62. The monoisotopic (exact) mass is 206 g/mol. The summed E-state index contributed by atoms with van der Waals surface area (Å²) in [6.45, 7) is 1.89. The Morgan fingerprint density at radius 2 is 2.13 bits per heavy atom. The highest BCUT2D eigenvalue weighted by Crippen LogP contribution is 2.15. The number of primary amides is 1. The van der Waals surface area contributed by atoms with Gasteiger partial charge in [0.15, 0.2) is 0 Å². The zero-order valence-electron chi connectivity index (χ0n) is 8.40. The maximum Gasteiger partial charge on any atom is 0.248 e. The summed E-state index contributed by atoms with van der Waals surface area (Å²) in [4.78, 5) is 10.8. The summed E-state index contributed by atoms with van der Waals surface area (Å²) in [5, 5.41) is 3.22. The Balaban J connectivity index is 2.00. The van der Waals surface area contributed by atoms with Gasteiger partial charge in [0.1, 0.15) is 11.9 Å². The Kier molecular flexibility index (Phi) is 2.87. The molecule has 1 atom stereocenters. The zero-order valence-corrected chi connectivity index (χ0v) is 8.40. The number of hydrogen-bond acceptors (Lipinski definition) is 3. The Morgan fingerprint density at radius 1 is 1.40 bits per heavy atom. The van der Waals surface area contributed by atoms with Crippen LogP contribution in [0.1, 0.15) is 16.8 Å². The van der Waals surface area contributed by atoms with Gasteiger partial charge in [-0.3, -0.25) is 4.79 Å². The van der Waals surface area contributed by atoms with E-state index in [4.69, 9.17) is 10.5 Å². The number of nitrogens with two attached hydrogens (primary N) is 1. The Morgan fingerprint density at radius 3 is 2.67 bits per heavy atom. The van der Waals surface area contributed by atoms with Crippen molar-refractivity contribution in [3.63, 3.8) is 0 Å². The molecule has 4 nitrogen and oxygen atoms in total. The minimum Gasteiger partial charge on any atom is -0.489 e. The largest absolute Gasteiger partial charge is 0.489 e. The number of rotatable bonds is 3. The molecule has 0 spiro atoms. The molecule has 1 aliphatic rings. The summed E-state index contributed by atoms with van der Waals surface area (Å²) in [6, 6.07) is 6.91. The van der Waals surface area contributed by atoms with E-state index in [-0.39, 0.29) is 6.10 Å². The number of hydrogen-bond donors (Lipinski definition) is 2. The lowest BCUT2D eigenvalue weighted by Gasteiger charge is -2.12. The van der Waals surface area contributed by atoms with E-state index in [9.17, 15) is 4.79 Å². The minimum absolute atomic E-state index is 0.240. The molecule has 3 N–H and O–H groups in total. The van der Waals surface area contributed by atoms with Crippen molar-refractivity contribution < 1.29 is 9.53 Å². The number of benzene rings is 1. The van der Waals surface area contributed by atoms with Gasteiger partial charge in [-0.25, -0.2) is 0 Å². The molecule has 1 saturated heterocycles. The van der Waals surface area contributed by atoms with Gasteiger partial charge >= 0.3 is 0 Å².